The van der Waals surface area contributed by atoms with Crippen LogP contribution in [0.2, 0.25) is 0 Å². The Kier molecular flexibility index (Phi) is 3.38. The average molecular weight is 298 g/mol. The number of nitrogens with zero attached hydrogens (tertiary/aromatic N) is 3. The fraction of sp³-hybridized carbons (Fsp3) is 0.438. The van der Waals surface area contributed by atoms with Gasteiger partial charge >= 0.3 is 0 Å². The first-order valence-corrected chi connectivity index (χ1v) is 7.71. The fourth-order valence-corrected chi connectivity index (χ4v) is 3.21. The molecule has 3 heterocycles. The largest absolute Gasteiger partial charge is 0.363 e. The molecule has 0 spiro atoms. The molecule has 0 saturated heterocycles. The number of hydrogen-bond donors (Lipinski definition) is 1. The lowest BCUT2D eigenvalue weighted by Crippen LogP contribution is -2.34. The topological polar surface area (TPSA) is 69.0 Å². The Morgan fingerprint density at radius 2 is 2.23 bits per heavy atom. The van der Waals surface area contributed by atoms with Crippen LogP contribution in [0.1, 0.15) is 35.3 Å². The average Bonchev–Trinajstić information content (AvgIpc) is 3.16. The number of amides is 1. The van der Waals surface area contributed by atoms with Crippen molar-refractivity contribution in [2.75, 3.05) is 6.61 Å². The predicted molar refractivity (Wildman–Crippen MR) is 79.0 cm³/mol. The summed E-state index contributed by atoms with van der Waals surface area (Å²) in [5.41, 5.74) is 2.16. The number of ether oxygens (including phenoxy) is 1. The number of aromatic nitrogens is 3. The monoisotopic (exact) mass is 298 g/mol. The number of hydrogen-bond acceptors (Lipinski definition) is 4. The standard InChI is InChI=1S/C16H18N4O2/c21-16(15-12-5-2-1-4-11(12)7-9-22-15)17-10-14-19-18-13-6-3-8-20(13)14/h1-2,4-5,15H,3,6-10H2,(H,17,21). The number of carbonyl (C=O) groups is 1. The number of nitrogens with one attached hydrogen (secondary N) is 1. The lowest BCUT2D eigenvalue weighted by atomic mass is 9.97. The number of carbonyl (C=O) groups excluding carboxylic acids is 1. The second-order valence-electron chi connectivity index (χ2n) is 5.71. The highest BCUT2D eigenvalue weighted by atomic mass is 16.5. The highest BCUT2D eigenvalue weighted by Gasteiger charge is 2.27. The van der Waals surface area contributed by atoms with E-state index in [1.165, 1.54) is 5.56 Å². The molecule has 114 valence electrons. The molecule has 2 aliphatic rings. The van der Waals surface area contributed by atoms with Crippen LogP contribution in [0, 0.1) is 0 Å². The summed E-state index contributed by atoms with van der Waals surface area (Å²) in [6, 6.07) is 7.97. The van der Waals surface area contributed by atoms with Crippen molar-refractivity contribution >= 4 is 5.91 Å². The van der Waals surface area contributed by atoms with Crippen LogP contribution in [0.4, 0.5) is 0 Å². The van der Waals surface area contributed by atoms with Gasteiger partial charge in [-0.25, -0.2) is 0 Å². The molecule has 4 rings (SSSR count). The Morgan fingerprint density at radius 3 is 3.18 bits per heavy atom. The summed E-state index contributed by atoms with van der Waals surface area (Å²) < 4.78 is 7.77. The summed E-state index contributed by atoms with van der Waals surface area (Å²) in [4.78, 5) is 12.5. The normalized spacial score (nSPS) is 19.5. The maximum Gasteiger partial charge on any atom is 0.254 e. The zero-order valence-corrected chi connectivity index (χ0v) is 12.3. The highest BCUT2D eigenvalue weighted by molar-refractivity contribution is 5.82. The first kappa shape index (κ1) is 13.5. The number of fused-ring (bicyclic) bond motifs is 2. The van der Waals surface area contributed by atoms with E-state index in [0.717, 1.165) is 43.0 Å². The minimum atomic E-state index is -0.522. The van der Waals surface area contributed by atoms with E-state index in [1.54, 1.807) is 0 Å². The summed E-state index contributed by atoms with van der Waals surface area (Å²) in [5.74, 6) is 1.73. The Balaban J connectivity index is 1.47. The third kappa shape index (κ3) is 2.29. The van der Waals surface area contributed by atoms with Gasteiger partial charge in [0.05, 0.1) is 13.2 Å². The van der Waals surface area contributed by atoms with Gasteiger partial charge in [-0.2, -0.15) is 0 Å². The van der Waals surface area contributed by atoms with Crippen molar-refractivity contribution in [1.29, 1.82) is 0 Å². The number of benzene rings is 1. The van der Waals surface area contributed by atoms with Gasteiger partial charge in [0.15, 0.2) is 11.9 Å². The molecule has 22 heavy (non-hydrogen) atoms. The lowest BCUT2D eigenvalue weighted by Gasteiger charge is -2.25. The molecule has 0 aliphatic carbocycles. The SMILES string of the molecule is O=C(NCc1nnc2n1CCC2)C1OCCc2ccccc21. The first-order chi connectivity index (χ1) is 10.8. The number of rotatable bonds is 3. The van der Waals surface area contributed by atoms with E-state index in [1.807, 2.05) is 18.2 Å². The van der Waals surface area contributed by atoms with E-state index in [9.17, 15) is 4.79 Å². The summed E-state index contributed by atoms with van der Waals surface area (Å²) in [6.07, 6.45) is 2.41. The molecule has 0 fully saturated rings. The zero-order chi connectivity index (χ0) is 14.9. The van der Waals surface area contributed by atoms with Crippen molar-refractivity contribution in [3.8, 4) is 0 Å². The zero-order valence-electron chi connectivity index (χ0n) is 12.3. The molecular weight excluding hydrogens is 280 g/mol. The van der Waals surface area contributed by atoms with Gasteiger partial charge in [0.2, 0.25) is 0 Å². The molecule has 0 saturated carbocycles. The van der Waals surface area contributed by atoms with E-state index >= 15 is 0 Å². The van der Waals surface area contributed by atoms with Crippen LogP contribution >= 0.6 is 0 Å². The van der Waals surface area contributed by atoms with Crippen molar-refractivity contribution in [3.63, 3.8) is 0 Å². The Bertz CT molecular complexity index is 710. The Hall–Kier alpha value is -2.21. The molecule has 1 unspecified atom stereocenters. The predicted octanol–water partition coefficient (Wildman–Crippen LogP) is 1.15. The molecule has 1 aromatic carbocycles. The minimum absolute atomic E-state index is 0.109. The third-order valence-electron chi connectivity index (χ3n) is 4.34. The van der Waals surface area contributed by atoms with Crippen LogP contribution < -0.4 is 5.32 Å². The lowest BCUT2D eigenvalue weighted by molar-refractivity contribution is -0.134. The van der Waals surface area contributed by atoms with Crippen LogP contribution in [-0.4, -0.2) is 27.3 Å². The molecule has 2 aliphatic heterocycles. The molecule has 1 atom stereocenters. The molecule has 1 aromatic heterocycles. The quantitative estimate of drug-likeness (QED) is 0.923. The molecule has 0 bridgehead atoms. The summed E-state index contributed by atoms with van der Waals surface area (Å²) >= 11 is 0. The van der Waals surface area contributed by atoms with Crippen LogP contribution in [-0.2, 0) is 35.5 Å². The summed E-state index contributed by atoms with van der Waals surface area (Å²) in [7, 11) is 0. The van der Waals surface area contributed by atoms with Gasteiger partial charge in [0.1, 0.15) is 5.82 Å². The van der Waals surface area contributed by atoms with Crippen LogP contribution in [0.3, 0.4) is 0 Å². The summed E-state index contributed by atoms with van der Waals surface area (Å²) in [5, 5.41) is 11.2. The molecule has 1 amide bonds. The molecule has 0 radical (unpaired) electrons. The van der Waals surface area contributed by atoms with E-state index in [0.29, 0.717) is 13.2 Å². The second-order valence-corrected chi connectivity index (χ2v) is 5.71. The highest BCUT2D eigenvalue weighted by Crippen LogP contribution is 2.27. The van der Waals surface area contributed by atoms with Crippen LogP contribution in [0.5, 0.6) is 0 Å². The molecule has 6 nitrogen and oxygen atoms in total. The van der Waals surface area contributed by atoms with Gasteiger partial charge < -0.3 is 14.6 Å². The van der Waals surface area contributed by atoms with Crippen LogP contribution in [0.15, 0.2) is 24.3 Å². The third-order valence-corrected chi connectivity index (χ3v) is 4.34. The van der Waals surface area contributed by atoms with Gasteiger partial charge in [-0.1, -0.05) is 24.3 Å². The molecule has 1 N–H and O–H groups in total. The van der Waals surface area contributed by atoms with Gasteiger partial charge in [-0.15, -0.1) is 10.2 Å². The van der Waals surface area contributed by atoms with Crippen molar-refractivity contribution in [2.24, 2.45) is 0 Å². The first-order valence-electron chi connectivity index (χ1n) is 7.71. The fourth-order valence-electron chi connectivity index (χ4n) is 3.21. The van der Waals surface area contributed by atoms with Gasteiger partial charge in [0, 0.05) is 13.0 Å². The minimum Gasteiger partial charge on any atom is -0.363 e. The maximum absolute atomic E-state index is 12.5. The van der Waals surface area contributed by atoms with E-state index in [4.69, 9.17) is 4.74 Å². The Morgan fingerprint density at radius 1 is 1.32 bits per heavy atom. The molecular formula is C16H18N4O2. The Labute approximate surface area is 128 Å². The van der Waals surface area contributed by atoms with Crippen molar-refractivity contribution < 1.29 is 9.53 Å². The van der Waals surface area contributed by atoms with E-state index in [2.05, 4.69) is 26.1 Å². The van der Waals surface area contributed by atoms with Gasteiger partial charge in [-0.05, 0) is 24.0 Å². The second kappa shape index (κ2) is 5.53. The van der Waals surface area contributed by atoms with Crippen LogP contribution in [0.25, 0.3) is 0 Å². The van der Waals surface area contributed by atoms with E-state index in [-0.39, 0.29) is 5.91 Å². The maximum atomic E-state index is 12.5. The van der Waals surface area contributed by atoms with Crippen molar-refractivity contribution in [3.05, 3.63) is 47.0 Å². The smallest absolute Gasteiger partial charge is 0.254 e. The van der Waals surface area contributed by atoms with Gasteiger partial charge in [-0.3, -0.25) is 4.79 Å². The molecule has 2 aromatic rings. The number of aryl methyl sites for hydroxylation is 1. The van der Waals surface area contributed by atoms with Crippen molar-refractivity contribution in [1.82, 2.24) is 20.1 Å². The molecule has 6 heteroatoms. The summed E-state index contributed by atoms with van der Waals surface area (Å²) in [6.45, 7) is 1.92. The van der Waals surface area contributed by atoms with Gasteiger partial charge in [0.25, 0.3) is 5.91 Å². The van der Waals surface area contributed by atoms with E-state index < -0.39 is 6.10 Å². The van der Waals surface area contributed by atoms with Crippen molar-refractivity contribution in [2.45, 2.75) is 38.5 Å².